The van der Waals surface area contributed by atoms with Gasteiger partial charge in [0.25, 0.3) is 0 Å². The summed E-state index contributed by atoms with van der Waals surface area (Å²) in [5, 5.41) is 12.5. The van der Waals surface area contributed by atoms with Gasteiger partial charge < -0.3 is 9.84 Å². The molecule has 2 aromatic heterocycles. The number of rotatable bonds is 5. The molecule has 2 N–H and O–H groups in total. The monoisotopic (exact) mass is 408 g/mol. The zero-order valence-corrected chi connectivity index (χ0v) is 15.9. The number of benzene rings is 1. The van der Waals surface area contributed by atoms with Crippen molar-refractivity contribution in [3.05, 3.63) is 42.1 Å². The quantitative estimate of drug-likeness (QED) is 0.672. The molecule has 154 valence electrons. The van der Waals surface area contributed by atoms with Crippen LogP contribution >= 0.6 is 0 Å². The highest BCUT2D eigenvalue weighted by Crippen LogP contribution is 2.28. The summed E-state index contributed by atoms with van der Waals surface area (Å²) in [6.07, 6.45) is -4.96. The number of fused-ring (bicyclic) bond motifs is 1. The lowest BCUT2D eigenvalue weighted by Gasteiger charge is -2.16. The van der Waals surface area contributed by atoms with E-state index in [1.54, 1.807) is 19.1 Å². The highest BCUT2D eigenvalue weighted by molar-refractivity contribution is 5.92. The van der Waals surface area contributed by atoms with E-state index in [1.807, 2.05) is 0 Å². The van der Waals surface area contributed by atoms with Gasteiger partial charge in [0.15, 0.2) is 5.65 Å². The summed E-state index contributed by atoms with van der Waals surface area (Å²) < 4.78 is 42.6. The third kappa shape index (κ3) is 5.23. The van der Waals surface area contributed by atoms with Crippen molar-refractivity contribution < 1.29 is 27.8 Å². The molecule has 7 nitrogen and oxygen atoms in total. The smallest absolute Gasteiger partial charge is 0.406 e. The minimum Gasteiger partial charge on any atom is -0.406 e. The van der Waals surface area contributed by atoms with Crippen LogP contribution in [-0.2, 0) is 4.79 Å². The molecule has 2 heterocycles. The van der Waals surface area contributed by atoms with Crippen LogP contribution < -0.4 is 10.1 Å². The van der Waals surface area contributed by atoms with Crippen molar-refractivity contribution in [2.24, 2.45) is 0 Å². The third-order valence-electron chi connectivity index (χ3n) is 3.82. The van der Waals surface area contributed by atoms with Crippen LogP contribution in [0.15, 0.2) is 36.4 Å². The standard InChI is InChI=1S/C19H19F3N4O3/c1-11-4-9-14-16(23-11)26(17(24-14)25-15(27)10-18(2,3)28)12-5-7-13(8-6-12)29-19(20,21)22/h4-9,28H,10H2,1-3H3,(H,24,25,27). The van der Waals surface area contributed by atoms with E-state index >= 15 is 0 Å². The Morgan fingerprint density at radius 2 is 1.79 bits per heavy atom. The van der Waals surface area contributed by atoms with Crippen molar-refractivity contribution in [3.8, 4) is 11.4 Å². The summed E-state index contributed by atoms with van der Waals surface area (Å²) in [6.45, 7) is 4.78. The van der Waals surface area contributed by atoms with Crippen LogP contribution in [0, 0.1) is 6.92 Å². The number of halogens is 3. The van der Waals surface area contributed by atoms with Gasteiger partial charge >= 0.3 is 6.36 Å². The van der Waals surface area contributed by atoms with Gasteiger partial charge in [0.1, 0.15) is 11.3 Å². The Morgan fingerprint density at radius 3 is 2.38 bits per heavy atom. The first-order valence-electron chi connectivity index (χ1n) is 8.66. The molecular weight excluding hydrogens is 389 g/mol. The van der Waals surface area contributed by atoms with Crippen LogP contribution in [-0.4, -0.2) is 37.5 Å². The van der Waals surface area contributed by atoms with Crippen LogP contribution in [0.25, 0.3) is 16.9 Å². The Morgan fingerprint density at radius 1 is 1.14 bits per heavy atom. The summed E-state index contributed by atoms with van der Waals surface area (Å²) in [6, 6.07) is 8.60. The number of imidazole rings is 1. The molecule has 29 heavy (non-hydrogen) atoms. The molecular formula is C19H19F3N4O3. The van der Waals surface area contributed by atoms with Gasteiger partial charge in [-0.1, -0.05) is 0 Å². The highest BCUT2D eigenvalue weighted by atomic mass is 19.4. The van der Waals surface area contributed by atoms with Gasteiger partial charge in [0.2, 0.25) is 11.9 Å². The first kappa shape index (κ1) is 20.6. The van der Waals surface area contributed by atoms with E-state index in [1.165, 1.54) is 30.5 Å². The van der Waals surface area contributed by atoms with Gasteiger partial charge in [-0.2, -0.15) is 0 Å². The summed E-state index contributed by atoms with van der Waals surface area (Å²) in [5.74, 6) is -0.706. The molecule has 3 aromatic rings. The normalized spacial score (nSPS) is 12.2. The fourth-order valence-electron chi connectivity index (χ4n) is 2.74. The maximum atomic E-state index is 12.4. The average Bonchev–Trinajstić information content (AvgIpc) is 2.89. The number of aryl methyl sites for hydroxylation is 1. The number of carbonyl (C=O) groups excluding carboxylic acids is 1. The molecule has 0 aliphatic carbocycles. The van der Waals surface area contributed by atoms with Gasteiger partial charge in [0.05, 0.1) is 17.7 Å². The van der Waals surface area contributed by atoms with Crippen molar-refractivity contribution in [2.75, 3.05) is 5.32 Å². The molecule has 3 rings (SSSR count). The molecule has 0 saturated heterocycles. The number of aliphatic hydroxyl groups is 1. The van der Waals surface area contributed by atoms with Gasteiger partial charge in [-0.3, -0.25) is 14.7 Å². The van der Waals surface area contributed by atoms with Crippen molar-refractivity contribution in [1.82, 2.24) is 14.5 Å². The Kier molecular flexibility index (Phi) is 5.22. The van der Waals surface area contributed by atoms with E-state index < -0.39 is 17.9 Å². The topological polar surface area (TPSA) is 89.3 Å². The third-order valence-corrected chi connectivity index (χ3v) is 3.82. The molecule has 0 unspecified atom stereocenters. The highest BCUT2D eigenvalue weighted by Gasteiger charge is 2.31. The molecule has 0 radical (unpaired) electrons. The number of pyridine rings is 1. The molecule has 1 aromatic carbocycles. The number of alkyl halides is 3. The molecule has 1 amide bonds. The fraction of sp³-hybridized carbons (Fsp3) is 0.316. The van der Waals surface area contributed by atoms with E-state index in [9.17, 15) is 23.1 Å². The van der Waals surface area contributed by atoms with Crippen molar-refractivity contribution >= 4 is 23.0 Å². The Hall–Kier alpha value is -3.14. The Bertz CT molecular complexity index is 1040. The first-order chi connectivity index (χ1) is 13.4. The van der Waals surface area contributed by atoms with Gasteiger partial charge in [-0.15, -0.1) is 13.2 Å². The summed E-state index contributed by atoms with van der Waals surface area (Å²) in [7, 11) is 0. The van der Waals surface area contributed by atoms with Crippen LogP contribution in [0.5, 0.6) is 5.75 Å². The minimum absolute atomic E-state index is 0.136. The predicted octanol–water partition coefficient (Wildman–Crippen LogP) is 3.73. The zero-order chi connectivity index (χ0) is 21.4. The number of nitrogens with zero attached hydrogens (tertiary/aromatic N) is 3. The lowest BCUT2D eigenvalue weighted by molar-refractivity contribution is -0.274. The number of carbonyl (C=O) groups is 1. The second-order valence-corrected chi connectivity index (χ2v) is 7.15. The van der Waals surface area contributed by atoms with E-state index in [0.29, 0.717) is 22.5 Å². The number of aromatic nitrogens is 3. The largest absolute Gasteiger partial charge is 0.573 e. The lowest BCUT2D eigenvalue weighted by Crippen LogP contribution is -2.28. The minimum atomic E-state index is -4.79. The Balaban J connectivity index is 2.03. The molecule has 0 saturated carbocycles. The van der Waals surface area contributed by atoms with Crippen molar-refractivity contribution in [3.63, 3.8) is 0 Å². The number of ether oxygens (including phenoxy) is 1. The van der Waals surface area contributed by atoms with Gasteiger partial charge in [-0.25, -0.2) is 9.97 Å². The van der Waals surface area contributed by atoms with Crippen LogP contribution in [0.4, 0.5) is 19.1 Å². The second-order valence-electron chi connectivity index (χ2n) is 7.15. The number of hydrogen-bond acceptors (Lipinski definition) is 5. The molecule has 0 fully saturated rings. The fourth-order valence-corrected chi connectivity index (χ4v) is 2.74. The average molecular weight is 408 g/mol. The zero-order valence-electron chi connectivity index (χ0n) is 15.9. The van der Waals surface area contributed by atoms with E-state index in [2.05, 4.69) is 20.0 Å². The lowest BCUT2D eigenvalue weighted by atomic mass is 10.1. The van der Waals surface area contributed by atoms with E-state index in [0.717, 1.165) is 12.1 Å². The number of hydrogen-bond donors (Lipinski definition) is 2. The summed E-state index contributed by atoms with van der Waals surface area (Å²) in [5.41, 5.74) is 0.827. The van der Waals surface area contributed by atoms with Crippen molar-refractivity contribution in [1.29, 1.82) is 0 Å². The van der Waals surface area contributed by atoms with Crippen LogP contribution in [0.3, 0.4) is 0 Å². The van der Waals surface area contributed by atoms with E-state index in [4.69, 9.17) is 0 Å². The van der Waals surface area contributed by atoms with E-state index in [-0.39, 0.29) is 18.1 Å². The maximum Gasteiger partial charge on any atom is 0.573 e. The van der Waals surface area contributed by atoms with Crippen molar-refractivity contribution in [2.45, 2.75) is 39.2 Å². The van der Waals surface area contributed by atoms with Gasteiger partial charge in [-0.05, 0) is 57.2 Å². The van der Waals surface area contributed by atoms with Crippen LogP contribution in [0.2, 0.25) is 0 Å². The first-order valence-corrected chi connectivity index (χ1v) is 8.66. The molecule has 0 spiro atoms. The maximum absolute atomic E-state index is 12.4. The molecule has 0 bridgehead atoms. The molecule has 10 heteroatoms. The molecule has 0 atom stereocenters. The molecule has 0 aliphatic rings. The summed E-state index contributed by atoms with van der Waals surface area (Å²) in [4.78, 5) is 21.1. The number of anilines is 1. The SMILES string of the molecule is Cc1ccc2nc(NC(=O)CC(C)(C)O)n(-c3ccc(OC(F)(F)F)cc3)c2n1. The number of amides is 1. The number of nitrogens with one attached hydrogen (secondary N) is 1. The second kappa shape index (κ2) is 7.36. The summed E-state index contributed by atoms with van der Waals surface area (Å²) >= 11 is 0. The molecule has 0 aliphatic heterocycles. The van der Waals surface area contributed by atoms with Gasteiger partial charge in [0, 0.05) is 5.69 Å². The van der Waals surface area contributed by atoms with Crippen LogP contribution in [0.1, 0.15) is 26.0 Å². The Labute approximate surface area is 164 Å². The predicted molar refractivity (Wildman–Crippen MR) is 99.8 cm³/mol.